The second-order valence-corrected chi connectivity index (χ2v) is 7.49. The lowest BCUT2D eigenvalue weighted by atomic mass is 9.91. The average molecular weight is 270 g/mol. The summed E-state index contributed by atoms with van der Waals surface area (Å²) in [5.41, 5.74) is 0.336. The van der Waals surface area contributed by atoms with Gasteiger partial charge in [0.25, 0.3) is 0 Å². The number of hydrogen-bond donors (Lipinski definition) is 1. The summed E-state index contributed by atoms with van der Waals surface area (Å²) in [6.07, 6.45) is 9.05. The predicted octanol–water partition coefficient (Wildman–Crippen LogP) is 3.12. The minimum Gasteiger partial charge on any atom is -0.309 e. The molecule has 18 heavy (non-hydrogen) atoms. The molecule has 0 bridgehead atoms. The molecule has 2 fully saturated rings. The third-order valence-corrected chi connectivity index (χ3v) is 6.27. The zero-order chi connectivity index (χ0) is 13.2. The minimum absolute atomic E-state index is 0.336. The van der Waals surface area contributed by atoms with Gasteiger partial charge in [0.05, 0.1) is 0 Å². The molecule has 0 radical (unpaired) electrons. The number of thioether (sulfide) groups is 1. The van der Waals surface area contributed by atoms with Crippen LogP contribution in [0.25, 0.3) is 0 Å². The normalized spacial score (nSPS) is 42.3. The van der Waals surface area contributed by atoms with Crippen LogP contribution >= 0.6 is 11.8 Å². The van der Waals surface area contributed by atoms with E-state index in [1.54, 1.807) is 0 Å². The van der Waals surface area contributed by atoms with Gasteiger partial charge in [0.15, 0.2) is 0 Å². The van der Waals surface area contributed by atoms with Gasteiger partial charge in [-0.2, -0.15) is 11.8 Å². The van der Waals surface area contributed by atoms with E-state index in [-0.39, 0.29) is 0 Å². The van der Waals surface area contributed by atoms with Crippen LogP contribution in [-0.2, 0) is 0 Å². The van der Waals surface area contributed by atoms with Crippen molar-refractivity contribution in [3.63, 3.8) is 0 Å². The van der Waals surface area contributed by atoms with Crippen LogP contribution in [0, 0.1) is 0 Å². The second-order valence-electron chi connectivity index (χ2n) is 6.35. The highest BCUT2D eigenvalue weighted by Crippen LogP contribution is 2.34. The van der Waals surface area contributed by atoms with Crippen molar-refractivity contribution in [1.82, 2.24) is 10.2 Å². The molecule has 1 aliphatic heterocycles. The van der Waals surface area contributed by atoms with E-state index < -0.39 is 0 Å². The Morgan fingerprint density at radius 1 is 1.33 bits per heavy atom. The molecule has 0 amide bonds. The lowest BCUT2D eigenvalue weighted by Gasteiger charge is -2.48. The Morgan fingerprint density at radius 2 is 2.11 bits per heavy atom. The third kappa shape index (κ3) is 3.05. The van der Waals surface area contributed by atoms with E-state index in [0.29, 0.717) is 5.54 Å². The molecule has 1 N–H and O–H groups in total. The van der Waals surface area contributed by atoms with Gasteiger partial charge in [-0.15, -0.1) is 0 Å². The van der Waals surface area contributed by atoms with Crippen molar-refractivity contribution in [2.45, 2.75) is 75.7 Å². The van der Waals surface area contributed by atoms with Crippen LogP contribution in [0.3, 0.4) is 0 Å². The number of nitrogens with one attached hydrogen (secondary N) is 1. The van der Waals surface area contributed by atoms with E-state index >= 15 is 0 Å². The Balaban J connectivity index is 2.02. The average Bonchev–Trinajstić information content (AvgIpc) is 2.87. The molecule has 106 valence electrons. The molecule has 2 rings (SSSR count). The fraction of sp³-hybridized carbons (Fsp3) is 1.00. The van der Waals surface area contributed by atoms with E-state index in [4.69, 9.17) is 0 Å². The van der Waals surface area contributed by atoms with Crippen LogP contribution in [0.5, 0.6) is 0 Å². The lowest BCUT2D eigenvalue weighted by Crippen LogP contribution is -2.64. The summed E-state index contributed by atoms with van der Waals surface area (Å²) in [5.74, 6) is 0. The van der Waals surface area contributed by atoms with Gasteiger partial charge in [0.2, 0.25) is 0 Å². The zero-order valence-corrected chi connectivity index (χ0v) is 13.4. The Labute approximate surface area is 117 Å². The molecule has 1 aliphatic carbocycles. The molecule has 1 saturated heterocycles. The van der Waals surface area contributed by atoms with Crippen LogP contribution < -0.4 is 5.32 Å². The van der Waals surface area contributed by atoms with E-state index in [9.17, 15) is 0 Å². The van der Waals surface area contributed by atoms with E-state index in [1.165, 1.54) is 45.2 Å². The quantitative estimate of drug-likeness (QED) is 0.845. The topological polar surface area (TPSA) is 15.3 Å². The molecule has 1 heterocycles. The highest BCUT2D eigenvalue weighted by Gasteiger charge is 2.39. The Bertz CT molecular complexity index is 271. The first-order valence-electron chi connectivity index (χ1n) is 7.65. The van der Waals surface area contributed by atoms with Crippen molar-refractivity contribution in [3.8, 4) is 0 Å². The summed E-state index contributed by atoms with van der Waals surface area (Å²) >= 11 is 2.07. The van der Waals surface area contributed by atoms with Crippen LogP contribution in [0.4, 0.5) is 0 Å². The predicted molar refractivity (Wildman–Crippen MR) is 82.4 cm³/mol. The molecule has 3 heteroatoms. The first-order chi connectivity index (χ1) is 8.61. The van der Waals surface area contributed by atoms with Gasteiger partial charge in [0, 0.05) is 36.0 Å². The molecule has 4 unspecified atom stereocenters. The van der Waals surface area contributed by atoms with Gasteiger partial charge in [0.1, 0.15) is 0 Å². The molecule has 0 spiro atoms. The summed E-state index contributed by atoms with van der Waals surface area (Å²) in [6.45, 7) is 9.48. The van der Waals surface area contributed by atoms with Gasteiger partial charge >= 0.3 is 0 Å². The van der Waals surface area contributed by atoms with Crippen LogP contribution in [0.2, 0.25) is 0 Å². The SMILES string of the molecule is CCC1CNC(C)(CC)CN1C1CCC(SC)C1. The molecule has 4 atom stereocenters. The largest absolute Gasteiger partial charge is 0.309 e. The van der Waals surface area contributed by atoms with Crippen molar-refractivity contribution in [2.24, 2.45) is 0 Å². The molecule has 2 nitrogen and oxygen atoms in total. The highest BCUT2D eigenvalue weighted by molar-refractivity contribution is 7.99. The number of rotatable bonds is 4. The molecule has 0 aromatic heterocycles. The van der Waals surface area contributed by atoms with Gasteiger partial charge in [-0.05, 0) is 45.3 Å². The number of hydrogen-bond acceptors (Lipinski definition) is 3. The Hall–Kier alpha value is 0.270. The van der Waals surface area contributed by atoms with Gasteiger partial charge < -0.3 is 5.32 Å². The van der Waals surface area contributed by atoms with Gasteiger partial charge in [-0.3, -0.25) is 4.90 Å². The Morgan fingerprint density at radius 3 is 2.67 bits per heavy atom. The minimum atomic E-state index is 0.336. The lowest BCUT2D eigenvalue weighted by molar-refractivity contribution is 0.0459. The third-order valence-electron chi connectivity index (χ3n) is 5.18. The maximum absolute atomic E-state index is 3.78. The Kier molecular flexibility index (Phi) is 5.01. The van der Waals surface area contributed by atoms with Crippen LogP contribution in [0.15, 0.2) is 0 Å². The first kappa shape index (κ1) is 14.7. The van der Waals surface area contributed by atoms with E-state index in [1.807, 2.05) is 0 Å². The fourth-order valence-electron chi connectivity index (χ4n) is 3.55. The van der Waals surface area contributed by atoms with Crippen LogP contribution in [-0.4, -0.2) is 47.1 Å². The van der Waals surface area contributed by atoms with E-state index in [2.05, 4.69) is 49.0 Å². The number of nitrogens with zero attached hydrogens (tertiary/aromatic N) is 1. The molecular weight excluding hydrogens is 240 g/mol. The highest BCUT2D eigenvalue weighted by atomic mass is 32.2. The first-order valence-corrected chi connectivity index (χ1v) is 8.94. The maximum Gasteiger partial charge on any atom is 0.0278 e. The summed E-state index contributed by atoms with van der Waals surface area (Å²) in [4.78, 5) is 2.84. The summed E-state index contributed by atoms with van der Waals surface area (Å²) in [5, 5.41) is 4.69. The van der Waals surface area contributed by atoms with Crippen molar-refractivity contribution in [1.29, 1.82) is 0 Å². The smallest absolute Gasteiger partial charge is 0.0278 e. The van der Waals surface area contributed by atoms with Gasteiger partial charge in [-0.25, -0.2) is 0 Å². The fourth-order valence-corrected chi connectivity index (χ4v) is 4.33. The summed E-state index contributed by atoms with van der Waals surface area (Å²) in [6, 6.07) is 1.61. The summed E-state index contributed by atoms with van der Waals surface area (Å²) < 4.78 is 0. The molecule has 2 aliphatic rings. The monoisotopic (exact) mass is 270 g/mol. The second kappa shape index (κ2) is 6.15. The molecule has 1 saturated carbocycles. The van der Waals surface area contributed by atoms with Crippen molar-refractivity contribution < 1.29 is 0 Å². The van der Waals surface area contributed by atoms with Crippen molar-refractivity contribution in [3.05, 3.63) is 0 Å². The summed E-state index contributed by atoms with van der Waals surface area (Å²) in [7, 11) is 0. The van der Waals surface area contributed by atoms with Crippen LogP contribution in [0.1, 0.15) is 52.9 Å². The maximum atomic E-state index is 3.78. The van der Waals surface area contributed by atoms with Crippen molar-refractivity contribution >= 4 is 11.8 Å². The van der Waals surface area contributed by atoms with E-state index in [0.717, 1.165) is 17.3 Å². The van der Waals surface area contributed by atoms with Gasteiger partial charge in [-0.1, -0.05) is 13.8 Å². The molecule has 0 aromatic rings. The number of piperazine rings is 1. The van der Waals surface area contributed by atoms with Crippen molar-refractivity contribution in [2.75, 3.05) is 19.3 Å². The zero-order valence-electron chi connectivity index (χ0n) is 12.5. The standard InChI is InChI=1S/C15H30N2S/c1-5-12-10-16-15(3,6-2)11-17(12)13-7-8-14(9-13)18-4/h12-14,16H,5-11H2,1-4H3. The molecular formula is C15H30N2S. The molecule has 0 aromatic carbocycles.